The van der Waals surface area contributed by atoms with E-state index < -0.39 is 21.6 Å². The standard InChI is InChI=1S/C5H11NO4S/c1-5(2,3)4(7)6-11(8,9)10/h1-3H3,(H,6,7)(H,8,9,10). The van der Waals surface area contributed by atoms with Crippen molar-refractivity contribution in [3.8, 4) is 0 Å². The summed E-state index contributed by atoms with van der Waals surface area (Å²) in [6, 6.07) is 0. The highest BCUT2D eigenvalue weighted by Crippen LogP contribution is 2.12. The van der Waals surface area contributed by atoms with Crippen LogP contribution in [0.1, 0.15) is 20.8 Å². The van der Waals surface area contributed by atoms with Gasteiger partial charge in [-0.1, -0.05) is 20.8 Å². The Morgan fingerprint density at radius 1 is 1.36 bits per heavy atom. The second-order valence-electron chi connectivity index (χ2n) is 3.16. The highest BCUT2D eigenvalue weighted by atomic mass is 32.2. The van der Waals surface area contributed by atoms with Crippen molar-refractivity contribution in [2.75, 3.05) is 0 Å². The Hall–Kier alpha value is -0.620. The van der Waals surface area contributed by atoms with Gasteiger partial charge in [0.1, 0.15) is 0 Å². The van der Waals surface area contributed by atoms with Gasteiger partial charge in [-0.15, -0.1) is 0 Å². The lowest BCUT2D eigenvalue weighted by atomic mass is 9.96. The first-order valence-electron chi connectivity index (χ1n) is 2.92. The Balaban J connectivity index is 4.35. The molecule has 0 saturated carbocycles. The van der Waals surface area contributed by atoms with Crippen molar-refractivity contribution in [2.45, 2.75) is 20.8 Å². The molecule has 0 bridgehead atoms. The molecule has 66 valence electrons. The van der Waals surface area contributed by atoms with Crippen LogP contribution in [0.3, 0.4) is 0 Å². The van der Waals surface area contributed by atoms with E-state index in [1.54, 1.807) is 0 Å². The summed E-state index contributed by atoms with van der Waals surface area (Å²) in [6.45, 7) is 4.61. The predicted molar refractivity (Wildman–Crippen MR) is 39.1 cm³/mol. The van der Waals surface area contributed by atoms with Gasteiger partial charge in [-0.2, -0.15) is 8.42 Å². The summed E-state index contributed by atoms with van der Waals surface area (Å²) in [5, 5.41) is 0. The zero-order chi connectivity index (χ0) is 9.28. The molecule has 0 radical (unpaired) electrons. The third kappa shape index (κ3) is 4.74. The third-order valence-electron chi connectivity index (χ3n) is 0.903. The van der Waals surface area contributed by atoms with Crippen LogP contribution in [0.5, 0.6) is 0 Å². The van der Waals surface area contributed by atoms with Crippen LogP contribution >= 0.6 is 0 Å². The molecular weight excluding hydrogens is 170 g/mol. The van der Waals surface area contributed by atoms with Crippen molar-refractivity contribution in [3.63, 3.8) is 0 Å². The molecule has 0 aliphatic rings. The summed E-state index contributed by atoms with van der Waals surface area (Å²) in [4.78, 5) is 10.8. The minimum absolute atomic E-state index is 0.736. The molecule has 0 aromatic rings. The van der Waals surface area contributed by atoms with Gasteiger partial charge in [0.2, 0.25) is 5.91 Å². The minimum atomic E-state index is -4.41. The first kappa shape index (κ1) is 10.4. The van der Waals surface area contributed by atoms with Crippen LogP contribution in [0.25, 0.3) is 0 Å². The van der Waals surface area contributed by atoms with Crippen LogP contribution in [0.2, 0.25) is 0 Å². The third-order valence-corrected chi connectivity index (χ3v) is 1.35. The van der Waals surface area contributed by atoms with Crippen LogP contribution < -0.4 is 4.72 Å². The second kappa shape index (κ2) is 2.78. The molecule has 1 amide bonds. The summed E-state index contributed by atoms with van der Waals surface area (Å²) >= 11 is 0. The first-order chi connectivity index (χ1) is 4.63. The van der Waals surface area contributed by atoms with Crippen LogP contribution in [-0.4, -0.2) is 18.9 Å². The Kier molecular flexibility index (Phi) is 2.63. The lowest BCUT2D eigenvalue weighted by molar-refractivity contribution is -0.126. The average Bonchev–Trinajstić information content (AvgIpc) is 1.56. The van der Waals surface area contributed by atoms with E-state index in [4.69, 9.17) is 4.55 Å². The number of carbonyl (C=O) groups excluding carboxylic acids is 1. The fourth-order valence-electron chi connectivity index (χ4n) is 0.270. The highest BCUT2D eigenvalue weighted by Gasteiger charge is 2.24. The van der Waals surface area contributed by atoms with Gasteiger partial charge in [0.05, 0.1) is 0 Å². The number of hydrogen-bond acceptors (Lipinski definition) is 3. The van der Waals surface area contributed by atoms with E-state index in [1.807, 2.05) is 0 Å². The van der Waals surface area contributed by atoms with E-state index in [0.717, 1.165) is 0 Å². The molecule has 0 heterocycles. The summed E-state index contributed by atoms with van der Waals surface area (Å²) in [5.41, 5.74) is -0.824. The summed E-state index contributed by atoms with van der Waals surface area (Å²) in [5.74, 6) is -0.736. The zero-order valence-corrected chi connectivity index (χ0v) is 7.40. The Labute approximate surface area is 65.7 Å². The normalized spacial score (nSPS) is 12.7. The SMILES string of the molecule is CC(C)(C)C(=O)NS(=O)(=O)O. The number of amides is 1. The van der Waals surface area contributed by atoms with E-state index in [0.29, 0.717) is 0 Å². The van der Waals surface area contributed by atoms with Gasteiger partial charge in [0.25, 0.3) is 0 Å². The molecule has 0 atom stereocenters. The Bertz CT molecular complexity index is 248. The molecule has 0 rings (SSSR count). The maximum Gasteiger partial charge on any atom is 0.359 e. The molecule has 5 nitrogen and oxygen atoms in total. The molecule has 0 aliphatic carbocycles. The first-order valence-corrected chi connectivity index (χ1v) is 4.36. The lowest BCUT2D eigenvalue weighted by Gasteiger charge is -2.15. The molecule has 0 aromatic heterocycles. The molecule has 0 unspecified atom stereocenters. The van der Waals surface area contributed by atoms with Crippen molar-refractivity contribution in [1.29, 1.82) is 0 Å². The topological polar surface area (TPSA) is 83.5 Å². The van der Waals surface area contributed by atoms with Gasteiger partial charge in [-0.3, -0.25) is 9.35 Å². The molecule has 0 fully saturated rings. The molecule has 0 spiro atoms. The van der Waals surface area contributed by atoms with Gasteiger partial charge in [0.15, 0.2) is 0 Å². The van der Waals surface area contributed by atoms with Crippen molar-refractivity contribution in [2.24, 2.45) is 5.41 Å². The minimum Gasteiger partial charge on any atom is -0.273 e. The van der Waals surface area contributed by atoms with Crippen LogP contribution in [-0.2, 0) is 15.1 Å². The number of rotatable bonds is 1. The van der Waals surface area contributed by atoms with Crippen LogP contribution in [0.4, 0.5) is 0 Å². The van der Waals surface area contributed by atoms with E-state index in [1.165, 1.54) is 25.5 Å². The molecular formula is C5H11NO4S. The van der Waals surface area contributed by atoms with Crippen molar-refractivity contribution in [3.05, 3.63) is 0 Å². The van der Waals surface area contributed by atoms with Gasteiger partial charge in [0, 0.05) is 5.41 Å². The fraction of sp³-hybridized carbons (Fsp3) is 0.800. The Morgan fingerprint density at radius 3 is 1.82 bits per heavy atom. The molecule has 0 aliphatic heterocycles. The predicted octanol–water partition coefficient (Wildman–Crippen LogP) is -0.0485. The van der Waals surface area contributed by atoms with E-state index in [2.05, 4.69) is 0 Å². The van der Waals surface area contributed by atoms with Gasteiger partial charge >= 0.3 is 10.3 Å². The molecule has 11 heavy (non-hydrogen) atoms. The zero-order valence-electron chi connectivity index (χ0n) is 6.58. The van der Waals surface area contributed by atoms with Gasteiger partial charge < -0.3 is 0 Å². The average molecular weight is 181 g/mol. The number of hydrogen-bond donors (Lipinski definition) is 2. The van der Waals surface area contributed by atoms with E-state index >= 15 is 0 Å². The molecule has 0 saturated heterocycles. The van der Waals surface area contributed by atoms with E-state index in [-0.39, 0.29) is 0 Å². The van der Waals surface area contributed by atoms with Crippen LogP contribution in [0.15, 0.2) is 0 Å². The number of nitrogens with one attached hydrogen (secondary N) is 1. The highest BCUT2D eigenvalue weighted by molar-refractivity contribution is 7.84. The number of carbonyl (C=O) groups is 1. The molecule has 2 N–H and O–H groups in total. The molecule has 6 heteroatoms. The lowest BCUT2D eigenvalue weighted by Crippen LogP contribution is -2.38. The maximum absolute atomic E-state index is 10.8. The van der Waals surface area contributed by atoms with Crippen LogP contribution in [0, 0.1) is 5.41 Å². The summed E-state index contributed by atoms with van der Waals surface area (Å²) in [6.07, 6.45) is 0. The van der Waals surface area contributed by atoms with Gasteiger partial charge in [-0.05, 0) is 0 Å². The van der Waals surface area contributed by atoms with E-state index in [9.17, 15) is 13.2 Å². The quantitative estimate of drug-likeness (QED) is 0.555. The van der Waals surface area contributed by atoms with Gasteiger partial charge in [-0.25, -0.2) is 4.72 Å². The largest absolute Gasteiger partial charge is 0.359 e. The molecule has 0 aromatic carbocycles. The van der Waals surface area contributed by atoms with Crippen molar-refractivity contribution >= 4 is 16.2 Å². The summed E-state index contributed by atoms with van der Waals surface area (Å²) < 4.78 is 29.9. The smallest absolute Gasteiger partial charge is 0.273 e. The second-order valence-corrected chi connectivity index (χ2v) is 4.31. The van der Waals surface area contributed by atoms with Crippen molar-refractivity contribution in [1.82, 2.24) is 4.72 Å². The fourth-order valence-corrected chi connectivity index (χ4v) is 0.811. The van der Waals surface area contributed by atoms with Crippen molar-refractivity contribution < 1.29 is 17.8 Å². The Morgan fingerprint density at radius 2 is 1.73 bits per heavy atom. The monoisotopic (exact) mass is 181 g/mol. The summed E-state index contributed by atoms with van der Waals surface area (Å²) in [7, 11) is -4.41. The maximum atomic E-state index is 10.8.